The molecular weight excluding hydrogens is 601 g/mol. The van der Waals surface area contributed by atoms with Crippen molar-refractivity contribution in [2.75, 3.05) is 6.54 Å². The molecule has 23 heteroatoms. The molecule has 0 spiro atoms. The molecule has 0 rings (SSSR count). The van der Waals surface area contributed by atoms with Crippen LogP contribution in [0.2, 0.25) is 0 Å². The van der Waals surface area contributed by atoms with Crippen molar-refractivity contribution in [2.24, 2.45) is 0 Å². The van der Waals surface area contributed by atoms with E-state index >= 15 is 0 Å². The Hall–Kier alpha value is -2.07. The third-order valence-corrected chi connectivity index (χ3v) is 5.99. The first kappa shape index (κ1) is 34.9. The van der Waals surface area contributed by atoms with E-state index in [9.17, 15) is 87.8 Å². The van der Waals surface area contributed by atoms with Gasteiger partial charge in [-0.05, 0) is 6.92 Å². The molecule has 37 heavy (non-hydrogen) atoms. The van der Waals surface area contributed by atoms with Gasteiger partial charge < -0.3 is 4.74 Å². The van der Waals surface area contributed by atoms with Gasteiger partial charge in [0, 0.05) is 12.1 Å². The summed E-state index contributed by atoms with van der Waals surface area (Å²) < 4.78 is 250. The third kappa shape index (κ3) is 4.91. The van der Waals surface area contributed by atoms with Crippen LogP contribution in [0.3, 0.4) is 0 Å². The molecule has 0 aromatic rings. The lowest BCUT2D eigenvalue weighted by atomic mass is 9.96. The van der Waals surface area contributed by atoms with Crippen LogP contribution in [0.4, 0.5) is 74.6 Å². The van der Waals surface area contributed by atoms with Crippen LogP contribution in [0, 0.1) is 0 Å². The first-order valence-corrected chi connectivity index (χ1v) is 9.84. The Labute approximate surface area is 193 Å². The van der Waals surface area contributed by atoms with Gasteiger partial charge in [-0.15, -0.1) is 4.31 Å². The molecule has 0 bridgehead atoms. The maximum atomic E-state index is 14.1. The number of sulfonamides is 1. The smallest absolute Gasteiger partial charge is 0.392 e. The fourth-order valence-electron chi connectivity index (χ4n) is 1.99. The molecule has 0 aliphatic carbocycles. The fraction of sp³-hybridized carbons (Fsp3) is 0.786. The van der Waals surface area contributed by atoms with Gasteiger partial charge >= 0.3 is 53.2 Å². The van der Waals surface area contributed by atoms with Crippen molar-refractivity contribution in [3.05, 3.63) is 12.2 Å². The molecular formula is C14H10F17NO4S. The van der Waals surface area contributed by atoms with Crippen LogP contribution in [0.5, 0.6) is 0 Å². The number of carbonyl (C=O) groups excluding carboxylic acids is 1. The largest absolute Gasteiger partial charge is 0.484 e. The van der Waals surface area contributed by atoms with Crippen molar-refractivity contribution in [3.63, 3.8) is 0 Å². The second-order valence-electron chi connectivity index (χ2n) is 6.71. The highest BCUT2D eigenvalue weighted by Crippen LogP contribution is 2.61. The Morgan fingerprint density at radius 1 is 0.730 bits per heavy atom. The van der Waals surface area contributed by atoms with Crippen molar-refractivity contribution >= 4 is 16.0 Å². The van der Waals surface area contributed by atoms with Crippen molar-refractivity contribution in [1.29, 1.82) is 0 Å². The van der Waals surface area contributed by atoms with Gasteiger partial charge in [-0.3, -0.25) is 0 Å². The van der Waals surface area contributed by atoms with Crippen LogP contribution >= 0.6 is 0 Å². The van der Waals surface area contributed by atoms with Gasteiger partial charge in [0.2, 0.25) is 0 Å². The van der Waals surface area contributed by atoms with E-state index in [1.54, 1.807) is 0 Å². The van der Waals surface area contributed by atoms with Gasteiger partial charge in [0.1, 0.15) is 0 Å². The highest BCUT2D eigenvalue weighted by molar-refractivity contribution is 7.90. The Kier molecular flexibility index (Phi) is 8.77. The number of halogens is 17. The van der Waals surface area contributed by atoms with Crippen LogP contribution in [0.25, 0.3) is 0 Å². The number of carbonyl (C=O) groups is 1. The van der Waals surface area contributed by atoms with E-state index in [2.05, 4.69) is 11.3 Å². The summed E-state index contributed by atoms with van der Waals surface area (Å²) in [5, 5.41) is -7.31. The van der Waals surface area contributed by atoms with Crippen molar-refractivity contribution in [3.8, 4) is 0 Å². The average Bonchev–Trinajstić information content (AvgIpc) is 2.65. The van der Waals surface area contributed by atoms with E-state index in [0.717, 1.165) is 0 Å². The van der Waals surface area contributed by atoms with E-state index in [4.69, 9.17) is 0 Å². The molecule has 0 N–H and O–H groups in total. The molecule has 220 valence electrons. The van der Waals surface area contributed by atoms with Crippen LogP contribution in [-0.2, 0) is 19.6 Å². The summed E-state index contributed by atoms with van der Waals surface area (Å²) in [5.41, 5.74) is -1.19. The summed E-state index contributed by atoms with van der Waals surface area (Å²) >= 11 is 0. The Morgan fingerprint density at radius 3 is 1.38 bits per heavy atom. The quantitative estimate of drug-likeness (QED) is 0.131. The number of hydrogen-bond acceptors (Lipinski definition) is 4. The minimum atomic E-state index is -8.62. The van der Waals surface area contributed by atoms with E-state index in [-0.39, 0.29) is 6.92 Å². The zero-order chi connectivity index (χ0) is 30.6. The third-order valence-electron chi connectivity index (χ3n) is 4.04. The van der Waals surface area contributed by atoms with Crippen LogP contribution in [-0.4, -0.2) is 72.5 Å². The van der Waals surface area contributed by atoms with Gasteiger partial charge in [-0.1, -0.05) is 13.5 Å². The highest BCUT2D eigenvalue weighted by Gasteiger charge is 2.92. The molecule has 0 radical (unpaired) electrons. The minimum absolute atomic E-state index is 0.268. The summed E-state index contributed by atoms with van der Waals surface area (Å²) in [5.74, 6) is -36.4. The zero-order valence-electron chi connectivity index (χ0n) is 17.3. The van der Waals surface area contributed by atoms with Crippen LogP contribution in [0.15, 0.2) is 12.2 Å². The minimum Gasteiger partial charge on any atom is -0.392 e. The van der Waals surface area contributed by atoms with Crippen molar-refractivity contribution < 1.29 is 92.6 Å². The number of esters is 1. The predicted octanol–water partition coefficient (Wildman–Crippen LogP) is 5.64. The molecule has 0 saturated heterocycles. The Morgan fingerprint density at radius 2 is 1.08 bits per heavy atom. The Balaban J connectivity index is 7.03. The molecule has 0 aliphatic rings. The molecule has 0 amide bonds. The molecule has 0 saturated carbocycles. The average molecular weight is 611 g/mol. The van der Waals surface area contributed by atoms with Gasteiger partial charge in [-0.25, -0.2) is 13.2 Å². The van der Waals surface area contributed by atoms with Gasteiger partial charge in [-0.2, -0.15) is 74.6 Å². The van der Waals surface area contributed by atoms with Crippen LogP contribution < -0.4 is 0 Å². The maximum absolute atomic E-state index is 14.1. The molecule has 0 fully saturated rings. The lowest BCUT2D eigenvalue weighted by molar-refractivity contribution is -0.447. The zero-order valence-corrected chi connectivity index (χ0v) is 18.1. The molecule has 0 aliphatic heterocycles. The summed E-state index contributed by atoms with van der Waals surface area (Å²) in [6.45, 7) is 0.0338. The topological polar surface area (TPSA) is 63.7 Å². The van der Waals surface area contributed by atoms with Crippen LogP contribution in [0.1, 0.15) is 13.8 Å². The van der Waals surface area contributed by atoms with E-state index in [0.29, 0.717) is 6.92 Å². The first-order chi connectivity index (χ1) is 15.8. The number of rotatable bonds is 11. The predicted molar refractivity (Wildman–Crippen MR) is 82.9 cm³/mol. The standard InChI is InChI=1S/C14H10F17NO4S/c1-4-32(37(34,35)14(30,31)13(28,29)36-6(33)5(2)3)12(26,27)10(21,22)8(17,18)7(15,16)9(19,20)11(23,24)25/h2,4H2,1,3H3. The molecule has 0 atom stereocenters. The number of ether oxygens (including phenoxy) is 1. The van der Waals surface area contributed by atoms with Crippen molar-refractivity contribution in [1.82, 2.24) is 4.31 Å². The molecule has 0 heterocycles. The number of nitrogens with zero attached hydrogens (tertiary/aromatic N) is 1. The summed E-state index contributed by atoms with van der Waals surface area (Å²) in [4.78, 5) is 11.0. The van der Waals surface area contributed by atoms with Crippen molar-refractivity contribution in [2.45, 2.75) is 61.1 Å². The van der Waals surface area contributed by atoms with E-state index in [1.807, 2.05) is 0 Å². The molecule has 0 aromatic carbocycles. The Bertz CT molecular complexity index is 1000. The van der Waals surface area contributed by atoms with Gasteiger partial charge in [0.05, 0.1) is 0 Å². The van der Waals surface area contributed by atoms with Gasteiger partial charge in [0.25, 0.3) is 10.0 Å². The molecule has 5 nitrogen and oxygen atoms in total. The van der Waals surface area contributed by atoms with E-state index < -0.39 is 79.7 Å². The lowest BCUT2D eigenvalue weighted by Crippen LogP contribution is -2.73. The second-order valence-corrected chi connectivity index (χ2v) is 8.61. The lowest BCUT2D eigenvalue weighted by Gasteiger charge is -2.42. The van der Waals surface area contributed by atoms with E-state index in [1.165, 1.54) is 0 Å². The second kappa shape index (κ2) is 9.29. The maximum Gasteiger partial charge on any atom is 0.484 e. The summed E-state index contributed by atoms with van der Waals surface area (Å²) in [6, 6.07) is -7.85. The highest BCUT2D eigenvalue weighted by atomic mass is 32.2. The normalized spacial score (nSPS) is 15.7. The van der Waals surface area contributed by atoms with Gasteiger partial charge in [0.15, 0.2) is 0 Å². The summed E-state index contributed by atoms with van der Waals surface area (Å²) in [7, 11) is -8.27. The SMILES string of the molecule is C=C(C)C(=O)OC(F)(F)C(F)(F)S(=O)(=O)N(CC)C(F)(F)C(F)(F)C(F)(F)C(F)(F)C(F)(F)C(F)(F)F. The first-order valence-electron chi connectivity index (χ1n) is 8.40. The number of alkyl halides is 17. The number of hydrogen-bond donors (Lipinski definition) is 0. The monoisotopic (exact) mass is 611 g/mol. The summed E-state index contributed by atoms with van der Waals surface area (Å²) in [6.07, 6.45) is -14.6. The molecule has 0 unspecified atom stereocenters. The molecule has 0 aromatic heterocycles. The fourth-order valence-corrected chi connectivity index (χ4v) is 3.36.